The lowest BCUT2D eigenvalue weighted by Gasteiger charge is -2.16. The smallest absolute Gasteiger partial charge is 0.345 e. The zero-order chi connectivity index (χ0) is 11.7. The molecule has 0 aliphatic rings. The van der Waals surface area contributed by atoms with Gasteiger partial charge in [-0.25, -0.2) is 13.5 Å². The van der Waals surface area contributed by atoms with Crippen LogP contribution in [0.5, 0.6) is 0 Å². The van der Waals surface area contributed by atoms with Gasteiger partial charge in [0.25, 0.3) is 6.02 Å². The first-order chi connectivity index (χ1) is 7.19. The first-order valence-corrected chi connectivity index (χ1v) is 6.44. The maximum absolute atomic E-state index is 11.5. The number of carbonyl (C=O) groups is 1. The van der Waals surface area contributed by atoms with E-state index in [-0.39, 0.29) is 12.1 Å². The number of amidine groups is 1. The van der Waals surface area contributed by atoms with E-state index in [1.807, 2.05) is 12.5 Å². The van der Waals surface area contributed by atoms with Gasteiger partial charge in [-0.15, -0.1) is 6.58 Å². The molecule has 0 atom stereocenters. The number of carbonyl (C=O) groups excluding carboxylic acids is 1. The van der Waals surface area contributed by atoms with E-state index in [1.165, 1.54) is 34.7 Å². The summed E-state index contributed by atoms with van der Waals surface area (Å²) in [6.45, 7) is 3.92. The number of rotatable bonds is 4. The van der Waals surface area contributed by atoms with Gasteiger partial charge in [0.2, 0.25) is 0 Å². The molecular formula is C8H15N3O2S2. The standard InChI is InChI=1S/C8H15N3O2S2/c1-5-6-9-7(13-2)10-8(12)11(14-3)15-4/h5H,1,6H2,2-4H3,(H,9,10,12). The zero-order valence-electron chi connectivity index (χ0n) is 9.02. The van der Waals surface area contributed by atoms with E-state index in [2.05, 4.69) is 16.9 Å². The van der Waals surface area contributed by atoms with Crippen LogP contribution in [0.25, 0.3) is 0 Å². The second kappa shape index (κ2) is 8.49. The molecule has 5 nitrogen and oxygen atoms in total. The van der Waals surface area contributed by atoms with Gasteiger partial charge in [-0.2, -0.15) is 0 Å². The van der Waals surface area contributed by atoms with Gasteiger partial charge in [0.15, 0.2) is 0 Å². The van der Waals surface area contributed by atoms with Gasteiger partial charge in [-0.1, -0.05) is 6.08 Å². The summed E-state index contributed by atoms with van der Waals surface area (Å²) in [5.74, 6) is 0. The van der Waals surface area contributed by atoms with Gasteiger partial charge in [0, 0.05) is 12.5 Å². The lowest BCUT2D eigenvalue weighted by atomic mass is 10.6. The molecule has 0 saturated carbocycles. The number of aliphatic imine (C=N–C) groups is 1. The van der Waals surface area contributed by atoms with Gasteiger partial charge in [0.1, 0.15) is 0 Å². The third-order valence-electron chi connectivity index (χ3n) is 1.27. The second-order valence-electron chi connectivity index (χ2n) is 2.19. The van der Waals surface area contributed by atoms with Crippen LogP contribution in [0.4, 0.5) is 4.79 Å². The Balaban J connectivity index is 4.28. The first kappa shape index (κ1) is 14.2. The lowest BCUT2D eigenvalue weighted by Crippen LogP contribution is -2.37. The molecule has 1 N–H and O–H groups in total. The summed E-state index contributed by atoms with van der Waals surface area (Å²) >= 11 is 2.62. The minimum absolute atomic E-state index is 0.188. The molecule has 0 aliphatic carbocycles. The molecular weight excluding hydrogens is 234 g/mol. The van der Waals surface area contributed by atoms with E-state index in [9.17, 15) is 4.79 Å². The van der Waals surface area contributed by atoms with Crippen LogP contribution in [0, 0.1) is 0 Å². The number of ether oxygens (including phenoxy) is 1. The highest BCUT2D eigenvalue weighted by Gasteiger charge is 2.13. The maximum Gasteiger partial charge on any atom is 0.345 e. The number of hydrogen-bond donors (Lipinski definition) is 1. The van der Waals surface area contributed by atoms with Crippen molar-refractivity contribution in [1.82, 2.24) is 9.03 Å². The van der Waals surface area contributed by atoms with Gasteiger partial charge in [-0.05, 0) is 23.9 Å². The molecule has 0 aromatic heterocycles. The SMILES string of the molecule is C=CCN=C(NC(=O)N(SC)SC)OC. The number of amides is 2. The van der Waals surface area contributed by atoms with Crippen molar-refractivity contribution in [1.29, 1.82) is 0 Å². The molecule has 86 valence electrons. The van der Waals surface area contributed by atoms with Crippen molar-refractivity contribution in [3.05, 3.63) is 12.7 Å². The number of methoxy groups -OCH3 is 1. The summed E-state index contributed by atoms with van der Waals surface area (Å²) in [7, 11) is 1.45. The van der Waals surface area contributed by atoms with Crippen LogP contribution >= 0.6 is 23.9 Å². The van der Waals surface area contributed by atoms with Crippen molar-refractivity contribution in [2.45, 2.75) is 0 Å². The van der Waals surface area contributed by atoms with E-state index < -0.39 is 0 Å². The molecule has 7 heteroatoms. The van der Waals surface area contributed by atoms with Gasteiger partial charge in [0.05, 0.1) is 13.7 Å². The highest BCUT2D eigenvalue weighted by molar-refractivity contribution is 8.12. The van der Waals surface area contributed by atoms with E-state index in [0.29, 0.717) is 6.54 Å². The topological polar surface area (TPSA) is 53.9 Å². The largest absolute Gasteiger partial charge is 0.468 e. The molecule has 0 rings (SSSR count). The molecule has 15 heavy (non-hydrogen) atoms. The van der Waals surface area contributed by atoms with Crippen LogP contribution in [0.1, 0.15) is 0 Å². The van der Waals surface area contributed by atoms with E-state index >= 15 is 0 Å². The molecule has 0 heterocycles. The molecule has 0 saturated heterocycles. The van der Waals surface area contributed by atoms with Gasteiger partial charge in [-0.3, -0.25) is 5.32 Å². The average molecular weight is 249 g/mol. The Morgan fingerprint density at radius 2 is 2.20 bits per heavy atom. The van der Waals surface area contributed by atoms with Crippen molar-refractivity contribution >= 4 is 35.9 Å². The molecule has 0 aliphatic heterocycles. The maximum atomic E-state index is 11.5. The number of urea groups is 1. The lowest BCUT2D eigenvalue weighted by molar-refractivity contribution is 0.240. The Labute approximate surface area is 98.6 Å². The quantitative estimate of drug-likeness (QED) is 0.357. The summed E-state index contributed by atoms with van der Waals surface area (Å²) in [5.41, 5.74) is 0. The molecule has 0 bridgehead atoms. The predicted molar refractivity (Wildman–Crippen MR) is 66.9 cm³/mol. The third kappa shape index (κ3) is 5.58. The third-order valence-corrected chi connectivity index (χ3v) is 3.16. The summed E-state index contributed by atoms with van der Waals surface area (Å²) in [5, 5.41) is 2.53. The Hall–Kier alpha value is -0.820. The van der Waals surface area contributed by atoms with Crippen LogP contribution in [0.2, 0.25) is 0 Å². The molecule has 0 aromatic rings. The molecule has 0 radical (unpaired) electrons. The molecule has 0 spiro atoms. The fourth-order valence-electron chi connectivity index (χ4n) is 0.680. The molecule has 0 aromatic carbocycles. The predicted octanol–water partition coefficient (Wildman–Crippen LogP) is 1.74. The van der Waals surface area contributed by atoms with Crippen LogP contribution in [0.3, 0.4) is 0 Å². The monoisotopic (exact) mass is 249 g/mol. The highest BCUT2D eigenvalue weighted by atomic mass is 32.2. The van der Waals surface area contributed by atoms with Crippen molar-refractivity contribution in [2.75, 3.05) is 26.2 Å². The second-order valence-corrected chi connectivity index (χ2v) is 3.88. The minimum atomic E-state index is -0.278. The summed E-state index contributed by atoms with van der Waals surface area (Å²) < 4.78 is 6.36. The summed E-state index contributed by atoms with van der Waals surface area (Å²) in [6.07, 6.45) is 5.24. The Morgan fingerprint density at radius 1 is 1.60 bits per heavy atom. The van der Waals surface area contributed by atoms with Crippen LogP contribution in [0.15, 0.2) is 17.6 Å². The van der Waals surface area contributed by atoms with Crippen LogP contribution in [-0.4, -0.2) is 41.9 Å². The molecule has 2 amide bonds. The first-order valence-electron chi connectivity index (χ1n) is 4.08. The fraction of sp³-hybridized carbons (Fsp3) is 0.500. The fourth-order valence-corrected chi connectivity index (χ4v) is 1.70. The summed E-state index contributed by atoms with van der Waals surface area (Å²) in [6, 6.07) is -0.0901. The van der Waals surface area contributed by atoms with E-state index in [1.54, 1.807) is 6.08 Å². The van der Waals surface area contributed by atoms with Gasteiger partial charge >= 0.3 is 6.03 Å². The van der Waals surface area contributed by atoms with E-state index in [4.69, 9.17) is 4.74 Å². The van der Waals surface area contributed by atoms with Crippen LogP contribution in [-0.2, 0) is 4.74 Å². The van der Waals surface area contributed by atoms with Crippen molar-refractivity contribution in [2.24, 2.45) is 4.99 Å². The van der Waals surface area contributed by atoms with Crippen LogP contribution < -0.4 is 5.32 Å². The van der Waals surface area contributed by atoms with Crippen molar-refractivity contribution < 1.29 is 9.53 Å². The number of hydrogen-bond acceptors (Lipinski definition) is 5. The molecule has 0 unspecified atom stereocenters. The molecule has 0 fully saturated rings. The van der Waals surface area contributed by atoms with Gasteiger partial charge < -0.3 is 4.74 Å². The normalized spacial score (nSPS) is 10.7. The highest BCUT2D eigenvalue weighted by Crippen LogP contribution is 2.15. The number of nitrogens with zero attached hydrogens (tertiary/aromatic N) is 2. The minimum Gasteiger partial charge on any atom is -0.468 e. The van der Waals surface area contributed by atoms with Crippen molar-refractivity contribution in [3.8, 4) is 0 Å². The van der Waals surface area contributed by atoms with E-state index in [0.717, 1.165) is 0 Å². The number of nitrogens with one attached hydrogen (secondary N) is 1. The Morgan fingerprint density at radius 3 is 2.60 bits per heavy atom. The zero-order valence-corrected chi connectivity index (χ0v) is 10.7. The summed E-state index contributed by atoms with van der Waals surface area (Å²) in [4.78, 5) is 15.5. The Bertz CT molecular complexity index is 242. The average Bonchev–Trinajstić information content (AvgIpc) is 2.25. The Kier molecular flexibility index (Phi) is 8.02. The van der Waals surface area contributed by atoms with Crippen molar-refractivity contribution in [3.63, 3.8) is 0 Å².